The van der Waals surface area contributed by atoms with Crippen molar-refractivity contribution in [2.24, 2.45) is 0 Å². The lowest BCUT2D eigenvalue weighted by Crippen LogP contribution is -2.46. The van der Waals surface area contributed by atoms with Gasteiger partial charge >= 0.3 is 0 Å². The topological polar surface area (TPSA) is 32.5 Å². The van der Waals surface area contributed by atoms with Crippen LogP contribution in [0.2, 0.25) is 0 Å². The van der Waals surface area contributed by atoms with Gasteiger partial charge in [-0.3, -0.25) is 0 Å². The van der Waals surface area contributed by atoms with E-state index in [-0.39, 0.29) is 5.82 Å². The minimum Gasteiger partial charge on any atom is -0.398 e. The van der Waals surface area contributed by atoms with Crippen LogP contribution in [0.15, 0.2) is 42.5 Å². The minimum absolute atomic E-state index is 0.187. The van der Waals surface area contributed by atoms with Crippen LogP contribution < -0.4 is 15.5 Å². The molecule has 0 saturated carbocycles. The first-order valence-corrected chi connectivity index (χ1v) is 7.25. The number of rotatable bonds is 2. The summed E-state index contributed by atoms with van der Waals surface area (Å²) < 4.78 is 13.0. The van der Waals surface area contributed by atoms with Crippen LogP contribution in [0, 0.1) is 12.7 Å². The molecule has 1 fully saturated rings. The van der Waals surface area contributed by atoms with E-state index in [1.54, 1.807) is 0 Å². The van der Waals surface area contributed by atoms with Crippen molar-refractivity contribution in [3.8, 4) is 0 Å². The molecule has 4 heteroatoms. The molecular formula is C17H20FN3. The van der Waals surface area contributed by atoms with E-state index in [2.05, 4.69) is 21.9 Å². The van der Waals surface area contributed by atoms with Crippen molar-refractivity contribution >= 4 is 17.1 Å². The molecule has 2 aromatic carbocycles. The summed E-state index contributed by atoms with van der Waals surface area (Å²) in [5, 5.41) is 0. The van der Waals surface area contributed by atoms with Crippen LogP contribution in [-0.2, 0) is 0 Å². The molecule has 0 amide bonds. The van der Waals surface area contributed by atoms with Crippen LogP contribution in [0.4, 0.5) is 21.5 Å². The zero-order valence-corrected chi connectivity index (χ0v) is 12.2. The predicted molar refractivity (Wildman–Crippen MR) is 86.4 cm³/mol. The highest BCUT2D eigenvalue weighted by atomic mass is 19.1. The van der Waals surface area contributed by atoms with Gasteiger partial charge in [-0.1, -0.05) is 6.07 Å². The molecule has 110 valence electrons. The molecule has 2 aromatic rings. The maximum absolute atomic E-state index is 13.0. The van der Waals surface area contributed by atoms with Crippen molar-refractivity contribution in [1.29, 1.82) is 0 Å². The molecule has 0 atom stereocenters. The lowest BCUT2D eigenvalue weighted by molar-refractivity contribution is 0.625. The van der Waals surface area contributed by atoms with Crippen LogP contribution in [0.3, 0.4) is 0 Å². The van der Waals surface area contributed by atoms with Crippen LogP contribution in [0.5, 0.6) is 0 Å². The standard InChI is InChI=1S/C17H20FN3/c1-13-2-5-16(12-17(13)19)21-10-8-20(9-11-21)15-6-3-14(18)4-7-15/h2-7,12H,8-11,19H2,1H3. The van der Waals surface area contributed by atoms with E-state index >= 15 is 0 Å². The van der Waals surface area contributed by atoms with E-state index in [9.17, 15) is 4.39 Å². The number of nitrogens with zero attached hydrogens (tertiary/aromatic N) is 2. The Morgan fingerprint density at radius 3 is 1.95 bits per heavy atom. The Morgan fingerprint density at radius 2 is 1.38 bits per heavy atom. The number of aryl methyl sites for hydroxylation is 1. The van der Waals surface area contributed by atoms with Gasteiger partial charge < -0.3 is 15.5 Å². The molecule has 0 aromatic heterocycles. The monoisotopic (exact) mass is 285 g/mol. The molecular weight excluding hydrogens is 265 g/mol. The first-order chi connectivity index (χ1) is 10.1. The van der Waals surface area contributed by atoms with Gasteiger partial charge in [0.15, 0.2) is 0 Å². The highest BCUT2D eigenvalue weighted by molar-refractivity contribution is 5.60. The molecule has 3 nitrogen and oxygen atoms in total. The molecule has 1 saturated heterocycles. The van der Waals surface area contributed by atoms with E-state index in [0.717, 1.165) is 43.1 Å². The summed E-state index contributed by atoms with van der Waals surface area (Å²) in [5.41, 5.74) is 10.2. The highest BCUT2D eigenvalue weighted by Gasteiger charge is 2.17. The van der Waals surface area contributed by atoms with Gasteiger partial charge in [0.05, 0.1) is 0 Å². The van der Waals surface area contributed by atoms with Crippen molar-refractivity contribution in [3.05, 3.63) is 53.8 Å². The van der Waals surface area contributed by atoms with Crippen molar-refractivity contribution in [2.75, 3.05) is 41.7 Å². The van der Waals surface area contributed by atoms with E-state index in [1.807, 2.05) is 25.1 Å². The van der Waals surface area contributed by atoms with Crippen molar-refractivity contribution < 1.29 is 4.39 Å². The molecule has 1 aliphatic heterocycles. The Hall–Kier alpha value is -2.23. The molecule has 0 unspecified atom stereocenters. The predicted octanol–water partition coefficient (Wildman–Crippen LogP) is 3.04. The second kappa shape index (κ2) is 5.64. The van der Waals surface area contributed by atoms with Gasteiger partial charge in [0.2, 0.25) is 0 Å². The second-order valence-electron chi connectivity index (χ2n) is 5.49. The Balaban J connectivity index is 1.67. The van der Waals surface area contributed by atoms with Crippen molar-refractivity contribution in [3.63, 3.8) is 0 Å². The van der Waals surface area contributed by atoms with Gasteiger partial charge in [-0.2, -0.15) is 0 Å². The number of halogens is 1. The number of benzene rings is 2. The van der Waals surface area contributed by atoms with Crippen molar-refractivity contribution in [2.45, 2.75) is 6.92 Å². The van der Waals surface area contributed by atoms with Gasteiger partial charge in [0, 0.05) is 43.2 Å². The maximum atomic E-state index is 13.0. The number of hydrogen-bond donors (Lipinski definition) is 1. The largest absolute Gasteiger partial charge is 0.398 e. The second-order valence-corrected chi connectivity index (χ2v) is 5.49. The van der Waals surface area contributed by atoms with Crippen LogP contribution >= 0.6 is 0 Å². The molecule has 0 radical (unpaired) electrons. The first kappa shape index (κ1) is 13.7. The minimum atomic E-state index is -0.187. The van der Waals surface area contributed by atoms with Gasteiger partial charge in [0.25, 0.3) is 0 Å². The third-order valence-corrected chi connectivity index (χ3v) is 4.10. The summed E-state index contributed by atoms with van der Waals surface area (Å²) in [7, 11) is 0. The number of piperazine rings is 1. The average molecular weight is 285 g/mol. The van der Waals surface area contributed by atoms with Crippen LogP contribution in [0.1, 0.15) is 5.56 Å². The molecule has 3 rings (SSSR count). The van der Waals surface area contributed by atoms with Crippen LogP contribution in [-0.4, -0.2) is 26.2 Å². The molecule has 1 aliphatic rings. The van der Waals surface area contributed by atoms with E-state index in [4.69, 9.17) is 5.73 Å². The van der Waals surface area contributed by atoms with Crippen molar-refractivity contribution in [1.82, 2.24) is 0 Å². The molecule has 0 bridgehead atoms. The molecule has 2 N–H and O–H groups in total. The average Bonchev–Trinajstić information content (AvgIpc) is 2.51. The number of hydrogen-bond acceptors (Lipinski definition) is 3. The van der Waals surface area contributed by atoms with Gasteiger partial charge in [-0.25, -0.2) is 4.39 Å². The lowest BCUT2D eigenvalue weighted by atomic mass is 10.1. The zero-order chi connectivity index (χ0) is 14.8. The summed E-state index contributed by atoms with van der Waals surface area (Å²) >= 11 is 0. The number of anilines is 3. The summed E-state index contributed by atoms with van der Waals surface area (Å²) in [5.74, 6) is -0.187. The molecule has 1 heterocycles. The molecule has 0 spiro atoms. The fourth-order valence-electron chi connectivity index (χ4n) is 2.70. The van der Waals surface area contributed by atoms with E-state index in [1.165, 1.54) is 17.8 Å². The summed E-state index contributed by atoms with van der Waals surface area (Å²) in [6.07, 6.45) is 0. The normalized spacial score (nSPS) is 15.3. The summed E-state index contributed by atoms with van der Waals surface area (Å²) in [6, 6.07) is 13.0. The number of nitrogen functional groups attached to an aromatic ring is 1. The fourth-order valence-corrected chi connectivity index (χ4v) is 2.70. The maximum Gasteiger partial charge on any atom is 0.123 e. The Bertz CT molecular complexity index is 616. The summed E-state index contributed by atoms with van der Waals surface area (Å²) in [6.45, 7) is 5.77. The van der Waals surface area contributed by atoms with Gasteiger partial charge in [-0.15, -0.1) is 0 Å². The van der Waals surface area contributed by atoms with Gasteiger partial charge in [0.1, 0.15) is 5.82 Å². The smallest absolute Gasteiger partial charge is 0.123 e. The lowest BCUT2D eigenvalue weighted by Gasteiger charge is -2.37. The van der Waals surface area contributed by atoms with E-state index < -0.39 is 0 Å². The first-order valence-electron chi connectivity index (χ1n) is 7.25. The molecule has 21 heavy (non-hydrogen) atoms. The highest BCUT2D eigenvalue weighted by Crippen LogP contribution is 2.24. The Kier molecular flexibility index (Phi) is 3.69. The van der Waals surface area contributed by atoms with Gasteiger partial charge in [-0.05, 0) is 48.9 Å². The Labute approximate surface area is 124 Å². The third kappa shape index (κ3) is 2.94. The SMILES string of the molecule is Cc1ccc(N2CCN(c3ccc(F)cc3)CC2)cc1N. The fraction of sp³-hybridized carbons (Fsp3) is 0.294. The van der Waals surface area contributed by atoms with E-state index in [0.29, 0.717) is 0 Å². The molecule has 0 aliphatic carbocycles. The quantitative estimate of drug-likeness (QED) is 0.861. The van der Waals surface area contributed by atoms with Crippen LogP contribution in [0.25, 0.3) is 0 Å². The Morgan fingerprint density at radius 1 is 0.857 bits per heavy atom. The zero-order valence-electron chi connectivity index (χ0n) is 12.2. The number of nitrogens with two attached hydrogens (primary N) is 1. The summed E-state index contributed by atoms with van der Waals surface area (Å²) in [4.78, 5) is 4.63. The third-order valence-electron chi connectivity index (χ3n) is 4.10.